The fourth-order valence-electron chi connectivity index (χ4n) is 3.09. The Morgan fingerprint density at radius 1 is 1.03 bits per heavy atom. The third kappa shape index (κ3) is 6.47. The monoisotopic (exact) mass is 473 g/mol. The predicted molar refractivity (Wildman–Crippen MR) is 135 cm³/mol. The molecule has 7 heteroatoms. The number of benzene rings is 3. The highest BCUT2D eigenvalue weighted by atomic mass is 35.5. The normalized spacial score (nSPS) is 10.9. The van der Waals surface area contributed by atoms with E-state index in [1.807, 2.05) is 63.2 Å². The van der Waals surface area contributed by atoms with Gasteiger partial charge in [-0.3, -0.25) is 9.59 Å². The summed E-state index contributed by atoms with van der Waals surface area (Å²) in [6.07, 6.45) is 1.44. The van der Waals surface area contributed by atoms with E-state index in [2.05, 4.69) is 10.6 Å². The first-order chi connectivity index (χ1) is 16.3. The molecule has 2 N–H and O–H groups in total. The van der Waals surface area contributed by atoms with Crippen molar-refractivity contribution >= 4 is 40.9 Å². The average Bonchev–Trinajstić information content (AvgIpc) is 2.81. The van der Waals surface area contributed by atoms with Crippen LogP contribution < -0.4 is 15.4 Å². The molecule has 3 rings (SSSR count). The molecule has 2 amide bonds. The first-order valence-electron chi connectivity index (χ1n) is 10.5. The summed E-state index contributed by atoms with van der Waals surface area (Å²) in [6, 6.07) is 19.7. The lowest BCUT2D eigenvalue weighted by atomic mass is 10.1. The van der Waals surface area contributed by atoms with Crippen molar-refractivity contribution in [1.82, 2.24) is 0 Å². The van der Waals surface area contributed by atoms with E-state index in [0.717, 1.165) is 16.7 Å². The number of rotatable bonds is 7. The van der Waals surface area contributed by atoms with Gasteiger partial charge in [-0.2, -0.15) is 5.26 Å². The van der Waals surface area contributed by atoms with Crippen molar-refractivity contribution in [3.8, 4) is 11.8 Å². The first kappa shape index (κ1) is 24.6. The number of nitrogens with zero attached hydrogens (tertiary/aromatic N) is 1. The van der Waals surface area contributed by atoms with Gasteiger partial charge in [0.25, 0.3) is 11.8 Å². The number of hydrogen-bond acceptors (Lipinski definition) is 4. The number of nitrogens with one attached hydrogen (secondary N) is 2. The maximum absolute atomic E-state index is 12.6. The number of carbonyl (C=O) groups excluding carboxylic acids is 2. The molecule has 0 aliphatic carbocycles. The van der Waals surface area contributed by atoms with Crippen molar-refractivity contribution < 1.29 is 14.3 Å². The molecule has 0 radical (unpaired) electrons. The molecule has 0 saturated heterocycles. The number of carbonyl (C=O) groups is 2. The minimum absolute atomic E-state index is 0.0666. The number of aryl methyl sites for hydroxylation is 2. The van der Waals surface area contributed by atoms with Crippen LogP contribution in [0.3, 0.4) is 0 Å². The van der Waals surface area contributed by atoms with Crippen LogP contribution in [0.4, 0.5) is 11.4 Å². The largest absolute Gasteiger partial charge is 0.482 e. The Balaban J connectivity index is 1.65. The lowest BCUT2D eigenvalue weighted by Gasteiger charge is -2.11. The van der Waals surface area contributed by atoms with Gasteiger partial charge in [0.05, 0.1) is 5.02 Å². The zero-order valence-electron chi connectivity index (χ0n) is 19.1. The lowest BCUT2D eigenvalue weighted by molar-refractivity contribution is -0.118. The standard InChI is InChI=1S/C27H24ClN3O3/c1-17-7-10-22(11-8-17)30-26(32)16-34-25-12-9-20(14-23(25)28)13-21(15-29)27(33)31-24-6-4-5-18(2)19(24)3/h4-14H,16H2,1-3H3,(H,30,32)(H,31,33)/b21-13+. The third-order valence-electron chi connectivity index (χ3n) is 5.18. The van der Waals surface area contributed by atoms with Crippen molar-refractivity contribution in [3.63, 3.8) is 0 Å². The summed E-state index contributed by atoms with van der Waals surface area (Å²) in [5.41, 5.74) is 4.87. The van der Waals surface area contributed by atoms with Gasteiger partial charge in [0.1, 0.15) is 17.4 Å². The van der Waals surface area contributed by atoms with Crippen LogP contribution in [-0.2, 0) is 9.59 Å². The minimum Gasteiger partial charge on any atom is -0.482 e. The molecule has 0 aliphatic heterocycles. The Hall–Kier alpha value is -4.08. The molecule has 6 nitrogen and oxygen atoms in total. The quantitative estimate of drug-likeness (QED) is 0.333. The molecule has 3 aromatic carbocycles. The molecule has 0 fully saturated rings. The fraction of sp³-hybridized carbons (Fsp3) is 0.148. The van der Waals surface area contributed by atoms with Crippen LogP contribution in [-0.4, -0.2) is 18.4 Å². The van der Waals surface area contributed by atoms with Crippen LogP contribution in [0.25, 0.3) is 6.08 Å². The summed E-state index contributed by atoms with van der Waals surface area (Å²) < 4.78 is 5.52. The van der Waals surface area contributed by atoms with Crippen LogP contribution in [0.15, 0.2) is 66.2 Å². The molecule has 0 heterocycles. The number of ether oxygens (including phenoxy) is 1. The molecular weight excluding hydrogens is 450 g/mol. The Bertz CT molecular complexity index is 1290. The number of amides is 2. The van der Waals surface area contributed by atoms with Crippen molar-refractivity contribution in [2.75, 3.05) is 17.2 Å². The molecule has 0 bridgehead atoms. The Labute approximate surface area is 203 Å². The fourth-order valence-corrected chi connectivity index (χ4v) is 3.34. The van der Waals surface area contributed by atoms with Crippen LogP contribution in [0.2, 0.25) is 5.02 Å². The number of nitriles is 1. The molecule has 0 saturated carbocycles. The molecule has 34 heavy (non-hydrogen) atoms. The van der Waals surface area contributed by atoms with Crippen LogP contribution in [0.1, 0.15) is 22.3 Å². The Kier molecular flexibility index (Phi) is 8.07. The molecule has 0 atom stereocenters. The highest BCUT2D eigenvalue weighted by Gasteiger charge is 2.13. The average molecular weight is 474 g/mol. The highest BCUT2D eigenvalue weighted by molar-refractivity contribution is 6.32. The second-order valence-electron chi connectivity index (χ2n) is 7.76. The minimum atomic E-state index is -0.513. The van der Waals surface area contributed by atoms with Gasteiger partial charge in [-0.15, -0.1) is 0 Å². The zero-order valence-corrected chi connectivity index (χ0v) is 19.9. The topological polar surface area (TPSA) is 91.2 Å². The van der Waals surface area contributed by atoms with Crippen molar-refractivity contribution in [2.45, 2.75) is 20.8 Å². The molecule has 3 aromatic rings. The summed E-state index contributed by atoms with van der Waals surface area (Å²) in [5, 5.41) is 15.3. The number of halogens is 1. The highest BCUT2D eigenvalue weighted by Crippen LogP contribution is 2.27. The van der Waals surface area contributed by atoms with E-state index in [9.17, 15) is 14.9 Å². The number of hydrogen-bond donors (Lipinski definition) is 2. The first-order valence-corrected chi connectivity index (χ1v) is 10.9. The van der Waals surface area contributed by atoms with Gasteiger partial charge in [-0.25, -0.2) is 0 Å². The Morgan fingerprint density at radius 3 is 2.44 bits per heavy atom. The van der Waals surface area contributed by atoms with Gasteiger partial charge in [0.15, 0.2) is 6.61 Å². The smallest absolute Gasteiger partial charge is 0.266 e. The van der Waals surface area contributed by atoms with Gasteiger partial charge < -0.3 is 15.4 Å². The van der Waals surface area contributed by atoms with Crippen molar-refractivity contribution in [1.29, 1.82) is 5.26 Å². The summed E-state index contributed by atoms with van der Waals surface area (Å²) in [7, 11) is 0. The third-order valence-corrected chi connectivity index (χ3v) is 5.47. The van der Waals surface area contributed by atoms with Gasteiger partial charge in [0, 0.05) is 11.4 Å². The van der Waals surface area contributed by atoms with E-state index in [4.69, 9.17) is 16.3 Å². The van der Waals surface area contributed by atoms with E-state index in [-0.39, 0.29) is 23.1 Å². The second-order valence-corrected chi connectivity index (χ2v) is 8.17. The molecule has 0 aromatic heterocycles. The van der Waals surface area contributed by atoms with Gasteiger partial charge in [-0.05, 0) is 73.9 Å². The predicted octanol–water partition coefficient (Wildman–Crippen LogP) is 5.83. The van der Waals surface area contributed by atoms with Crippen molar-refractivity contribution in [2.24, 2.45) is 0 Å². The van der Waals surface area contributed by atoms with Crippen LogP contribution >= 0.6 is 11.6 Å². The maximum Gasteiger partial charge on any atom is 0.266 e. The van der Waals surface area contributed by atoms with E-state index >= 15 is 0 Å². The summed E-state index contributed by atoms with van der Waals surface area (Å²) in [6.45, 7) is 5.60. The van der Waals surface area contributed by atoms with E-state index in [1.165, 1.54) is 6.08 Å². The van der Waals surface area contributed by atoms with Gasteiger partial charge in [0.2, 0.25) is 0 Å². The number of anilines is 2. The van der Waals surface area contributed by atoms with Crippen molar-refractivity contribution in [3.05, 3.63) is 93.5 Å². The van der Waals surface area contributed by atoms with Crippen LogP contribution in [0, 0.1) is 32.1 Å². The van der Waals surface area contributed by atoms with Gasteiger partial charge >= 0.3 is 0 Å². The SMILES string of the molecule is Cc1ccc(NC(=O)COc2ccc(/C=C(\C#N)C(=O)Nc3cccc(C)c3C)cc2Cl)cc1. The lowest BCUT2D eigenvalue weighted by Crippen LogP contribution is -2.20. The van der Waals surface area contributed by atoms with E-state index < -0.39 is 5.91 Å². The molecule has 172 valence electrons. The van der Waals surface area contributed by atoms with E-state index in [0.29, 0.717) is 22.7 Å². The maximum atomic E-state index is 12.6. The van der Waals surface area contributed by atoms with E-state index in [1.54, 1.807) is 24.3 Å². The zero-order chi connectivity index (χ0) is 24.7. The molecule has 0 spiro atoms. The second kappa shape index (κ2) is 11.2. The molecule has 0 aliphatic rings. The molecular formula is C27H24ClN3O3. The summed E-state index contributed by atoms with van der Waals surface area (Å²) in [4.78, 5) is 24.7. The summed E-state index contributed by atoms with van der Waals surface area (Å²) >= 11 is 6.30. The Morgan fingerprint density at radius 2 is 1.76 bits per heavy atom. The van der Waals surface area contributed by atoms with Crippen LogP contribution in [0.5, 0.6) is 5.75 Å². The molecule has 0 unspecified atom stereocenters. The van der Waals surface area contributed by atoms with Gasteiger partial charge in [-0.1, -0.05) is 47.5 Å². The summed E-state index contributed by atoms with van der Waals surface area (Å²) in [5.74, 6) is -0.518.